The van der Waals surface area contributed by atoms with E-state index in [1.165, 1.54) is 0 Å². The van der Waals surface area contributed by atoms with Crippen LogP contribution < -0.4 is 0 Å². The molecule has 5 heteroatoms. The van der Waals surface area contributed by atoms with E-state index in [0.29, 0.717) is 6.42 Å². The fraction of sp³-hybridized carbons (Fsp3) is 0.692. The first-order valence-corrected chi connectivity index (χ1v) is 6.14. The van der Waals surface area contributed by atoms with Crippen LogP contribution in [-0.2, 0) is 4.74 Å². The third kappa shape index (κ3) is 2.24. The number of rotatable bonds is 2. The zero-order chi connectivity index (χ0) is 13.3. The second-order valence-electron chi connectivity index (χ2n) is 5.25. The van der Waals surface area contributed by atoms with Crippen LogP contribution in [0.3, 0.4) is 0 Å². The normalized spacial score (nSPS) is 48.4. The lowest BCUT2D eigenvalue weighted by atomic mass is 9.73. The minimum atomic E-state index is -1.31. The van der Waals surface area contributed by atoms with Crippen LogP contribution in [0, 0.1) is 5.41 Å². The van der Waals surface area contributed by atoms with Crippen molar-refractivity contribution >= 4 is 0 Å². The highest BCUT2D eigenvalue weighted by atomic mass is 16.5. The van der Waals surface area contributed by atoms with Crippen molar-refractivity contribution in [2.24, 2.45) is 5.41 Å². The predicted octanol–water partition coefficient (Wildman–Crippen LogP) is -0.649. The standard InChI is InChI=1S/C13H20O5/c1-13(5-3-2-4-6-13)12-11(17)10(16)9(15)8(7-14)18-12/h2-5,8-12,14-17H,6-7H2,1H3. The number of aliphatic hydroxyl groups excluding tert-OH is 4. The van der Waals surface area contributed by atoms with Crippen LogP contribution in [0.5, 0.6) is 0 Å². The molecule has 1 saturated heterocycles. The van der Waals surface area contributed by atoms with E-state index in [4.69, 9.17) is 9.84 Å². The fourth-order valence-electron chi connectivity index (χ4n) is 2.60. The molecule has 4 N–H and O–H groups in total. The first-order valence-electron chi connectivity index (χ1n) is 6.14. The van der Waals surface area contributed by atoms with Crippen molar-refractivity contribution in [1.29, 1.82) is 0 Å². The molecular formula is C13H20O5. The Morgan fingerprint density at radius 1 is 1.17 bits per heavy atom. The van der Waals surface area contributed by atoms with Gasteiger partial charge in [0.1, 0.15) is 24.4 Å². The van der Waals surface area contributed by atoms with Crippen molar-refractivity contribution < 1.29 is 25.2 Å². The van der Waals surface area contributed by atoms with Crippen molar-refractivity contribution in [3.63, 3.8) is 0 Å². The van der Waals surface area contributed by atoms with E-state index in [-0.39, 0.29) is 0 Å². The summed E-state index contributed by atoms with van der Waals surface area (Å²) in [5, 5.41) is 38.7. The molecule has 1 fully saturated rings. The van der Waals surface area contributed by atoms with E-state index in [9.17, 15) is 15.3 Å². The summed E-state index contributed by atoms with van der Waals surface area (Å²) in [4.78, 5) is 0. The van der Waals surface area contributed by atoms with E-state index in [1.807, 2.05) is 31.2 Å². The lowest BCUT2D eigenvalue weighted by Crippen LogP contribution is -2.62. The minimum absolute atomic E-state index is 0.392. The summed E-state index contributed by atoms with van der Waals surface area (Å²) >= 11 is 0. The van der Waals surface area contributed by atoms with Crippen LogP contribution in [0.15, 0.2) is 24.3 Å². The Balaban J connectivity index is 2.21. The second kappa shape index (κ2) is 5.11. The Bertz CT molecular complexity index is 351. The van der Waals surface area contributed by atoms with Gasteiger partial charge in [0.2, 0.25) is 0 Å². The second-order valence-corrected chi connectivity index (χ2v) is 5.25. The van der Waals surface area contributed by atoms with Gasteiger partial charge >= 0.3 is 0 Å². The van der Waals surface area contributed by atoms with Crippen LogP contribution in [0.25, 0.3) is 0 Å². The molecule has 2 aliphatic rings. The first-order chi connectivity index (χ1) is 8.49. The van der Waals surface area contributed by atoms with Crippen LogP contribution in [-0.4, -0.2) is 57.6 Å². The molecule has 1 heterocycles. The first kappa shape index (κ1) is 13.7. The molecule has 0 spiro atoms. The molecule has 0 saturated carbocycles. The molecule has 0 aromatic carbocycles. The van der Waals surface area contributed by atoms with Crippen molar-refractivity contribution in [3.05, 3.63) is 24.3 Å². The van der Waals surface area contributed by atoms with E-state index in [0.717, 1.165) is 0 Å². The van der Waals surface area contributed by atoms with Crippen molar-refractivity contribution in [2.45, 2.75) is 43.9 Å². The molecule has 6 atom stereocenters. The maximum Gasteiger partial charge on any atom is 0.111 e. The quantitative estimate of drug-likeness (QED) is 0.527. The third-order valence-electron chi connectivity index (χ3n) is 3.82. The van der Waals surface area contributed by atoms with Gasteiger partial charge in [-0.3, -0.25) is 0 Å². The van der Waals surface area contributed by atoms with Gasteiger partial charge in [-0.2, -0.15) is 0 Å². The molecule has 102 valence electrons. The topological polar surface area (TPSA) is 90.2 Å². The van der Waals surface area contributed by atoms with E-state index in [1.54, 1.807) is 0 Å². The molecule has 0 bridgehead atoms. The SMILES string of the molecule is CC1(C2OC(CO)C(O)C(O)C2O)C=CC=CC1. The molecule has 0 radical (unpaired) electrons. The lowest BCUT2D eigenvalue weighted by Gasteiger charge is -2.47. The molecule has 0 amide bonds. The van der Waals surface area contributed by atoms with Crippen molar-refractivity contribution in [2.75, 3.05) is 6.61 Å². The summed E-state index contributed by atoms with van der Waals surface area (Å²) in [7, 11) is 0. The van der Waals surface area contributed by atoms with Crippen LogP contribution in [0.2, 0.25) is 0 Å². The molecule has 5 nitrogen and oxygen atoms in total. The summed E-state index contributed by atoms with van der Waals surface area (Å²) in [6.07, 6.45) is 3.04. The summed E-state index contributed by atoms with van der Waals surface area (Å²) in [5.74, 6) is 0. The van der Waals surface area contributed by atoms with Gasteiger partial charge in [0.05, 0.1) is 12.7 Å². The minimum Gasteiger partial charge on any atom is -0.394 e. The zero-order valence-corrected chi connectivity index (χ0v) is 10.3. The Hall–Kier alpha value is -0.720. The molecular weight excluding hydrogens is 236 g/mol. The van der Waals surface area contributed by atoms with Gasteiger partial charge in [-0.05, 0) is 6.42 Å². The van der Waals surface area contributed by atoms with Gasteiger partial charge in [0, 0.05) is 5.41 Å². The van der Waals surface area contributed by atoms with E-state index < -0.39 is 42.5 Å². The number of ether oxygens (including phenoxy) is 1. The van der Waals surface area contributed by atoms with Gasteiger partial charge in [0.25, 0.3) is 0 Å². The Labute approximate surface area is 106 Å². The summed E-state index contributed by atoms with van der Waals surface area (Å²) < 4.78 is 5.58. The zero-order valence-electron chi connectivity index (χ0n) is 10.3. The summed E-state index contributed by atoms with van der Waals surface area (Å²) in [5.41, 5.74) is -0.456. The predicted molar refractivity (Wildman–Crippen MR) is 64.8 cm³/mol. The highest BCUT2D eigenvalue weighted by Gasteiger charge is 2.49. The number of hydrogen-bond acceptors (Lipinski definition) is 5. The molecule has 6 unspecified atom stereocenters. The monoisotopic (exact) mass is 256 g/mol. The molecule has 1 aliphatic carbocycles. The largest absolute Gasteiger partial charge is 0.394 e. The van der Waals surface area contributed by atoms with Crippen LogP contribution >= 0.6 is 0 Å². The average molecular weight is 256 g/mol. The lowest BCUT2D eigenvalue weighted by molar-refractivity contribution is -0.248. The molecule has 0 aromatic rings. The summed E-state index contributed by atoms with van der Waals surface area (Å²) in [6.45, 7) is 1.52. The molecule has 18 heavy (non-hydrogen) atoms. The smallest absolute Gasteiger partial charge is 0.111 e. The number of hydrogen-bond donors (Lipinski definition) is 4. The van der Waals surface area contributed by atoms with Crippen molar-refractivity contribution in [3.8, 4) is 0 Å². The van der Waals surface area contributed by atoms with E-state index >= 15 is 0 Å². The van der Waals surface area contributed by atoms with Crippen molar-refractivity contribution in [1.82, 2.24) is 0 Å². The Kier molecular flexibility index (Phi) is 3.89. The van der Waals surface area contributed by atoms with Gasteiger partial charge in [-0.1, -0.05) is 31.2 Å². The highest BCUT2D eigenvalue weighted by Crippen LogP contribution is 2.39. The number of aliphatic hydroxyl groups is 4. The van der Waals surface area contributed by atoms with E-state index in [2.05, 4.69) is 0 Å². The van der Waals surface area contributed by atoms with Crippen LogP contribution in [0.4, 0.5) is 0 Å². The maximum absolute atomic E-state index is 10.1. The number of allylic oxidation sites excluding steroid dienone is 3. The van der Waals surface area contributed by atoms with Gasteiger partial charge in [0.15, 0.2) is 0 Å². The van der Waals surface area contributed by atoms with Gasteiger partial charge < -0.3 is 25.2 Å². The summed E-state index contributed by atoms with van der Waals surface area (Å²) in [6, 6.07) is 0. The Morgan fingerprint density at radius 3 is 2.44 bits per heavy atom. The fourth-order valence-corrected chi connectivity index (χ4v) is 2.60. The van der Waals surface area contributed by atoms with Gasteiger partial charge in [-0.15, -0.1) is 0 Å². The molecule has 1 aliphatic heterocycles. The van der Waals surface area contributed by atoms with Crippen LogP contribution in [0.1, 0.15) is 13.3 Å². The maximum atomic E-state index is 10.1. The third-order valence-corrected chi connectivity index (χ3v) is 3.82. The highest BCUT2D eigenvalue weighted by molar-refractivity contribution is 5.19. The Morgan fingerprint density at radius 2 is 1.89 bits per heavy atom. The van der Waals surface area contributed by atoms with Gasteiger partial charge in [-0.25, -0.2) is 0 Å². The molecule has 0 aromatic heterocycles. The average Bonchev–Trinajstić information content (AvgIpc) is 2.37. The molecule has 2 rings (SSSR count).